The van der Waals surface area contributed by atoms with E-state index in [9.17, 15) is 0 Å². The van der Waals surface area contributed by atoms with E-state index in [0.717, 1.165) is 17.9 Å². The molecule has 0 aliphatic carbocycles. The first-order chi connectivity index (χ1) is 12.1. The number of nitrogens with zero attached hydrogens (tertiary/aromatic N) is 1. The SMILES string of the molecule is COc1ccc(CN=C(N)NCCSc2ccc(C)cc2)cc1OC. The fourth-order valence-corrected chi connectivity index (χ4v) is 2.96. The molecule has 2 rings (SSSR count). The van der Waals surface area contributed by atoms with Crippen LogP contribution >= 0.6 is 11.8 Å². The molecule has 0 spiro atoms. The summed E-state index contributed by atoms with van der Waals surface area (Å²) in [4.78, 5) is 5.62. The molecule has 2 aromatic carbocycles. The summed E-state index contributed by atoms with van der Waals surface area (Å²) in [5.74, 6) is 2.76. The first-order valence-electron chi connectivity index (χ1n) is 8.06. The van der Waals surface area contributed by atoms with Gasteiger partial charge in [0.1, 0.15) is 0 Å². The zero-order chi connectivity index (χ0) is 18.1. The van der Waals surface area contributed by atoms with Crippen molar-refractivity contribution in [3.63, 3.8) is 0 Å². The molecule has 0 aliphatic rings. The highest BCUT2D eigenvalue weighted by atomic mass is 32.2. The van der Waals surface area contributed by atoms with Crippen molar-refractivity contribution in [2.24, 2.45) is 10.7 Å². The van der Waals surface area contributed by atoms with Crippen LogP contribution in [0.5, 0.6) is 11.5 Å². The molecule has 0 radical (unpaired) electrons. The Morgan fingerprint density at radius 1 is 1.08 bits per heavy atom. The van der Waals surface area contributed by atoms with Crippen molar-refractivity contribution in [2.75, 3.05) is 26.5 Å². The lowest BCUT2D eigenvalue weighted by Crippen LogP contribution is -2.33. The van der Waals surface area contributed by atoms with Gasteiger partial charge in [0.05, 0.1) is 20.8 Å². The van der Waals surface area contributed by atoms with Gasteiger partial charge < -0.3 is 20.5 Å². The molecule has 6 heteroatoms. The summed E-state index contributed by atoms with van der Waals surface area (Å²) in [6.45, 7) is 3.34. The van der Waals surface area contributed by atoms with Crippen LogP contribution in [0.25, 0.3) is 0 Å². The summed E-state index contributed by atoms with van der Waals surface area (Å²) in [7, 11) is 3.23. The number of aryl methyl sites for hydroxylation is 1. The Morgan fingerprint density at radius 3 is 2.48 bits per heavy atom. The molecule has 0 fully saturated rings. The van der Waals surface area contributed by atoms with Crippen molar-refractivity contribution in [1.29, 1.82) is 0 Å². The van der Waals surface area contributed by atoms with E-state index in [1.165, 1.54) is 10.5 Å². The number of hydrogen-bond acceptors (Lipinski definition) is 4. The van der Waals surface area contributed by atoms with E-state index in [1.54, 1.807) is 26.0 Å². The smallest absolute Gasteiger partial charge is 0.188 e. The number of thioether (sulfide) groups is 1. The molecule has 134 valence electrons. The molecule has 0 heterocycles. The molecule has 0 saturated carbocycles. The van der Waals surface area contributed by atoms with Crippen LogP contribution in [-0.4, -0.2) is 32.5 Å². The first-order valence-corrected chi connectivity index (χ1v) is 9.05. The summed E-state index contributed by atoms with van der Waals surface area (Å²) < 4.78 is 10.5. The number of hydrogen-bond donors (Lipinski definition) is 2. The largest absolute Gasteiger partial charge is 0.493 e. The Morgan fingerprint density at radius 2 is 1.80 bits per heavy atom. The number of nitrogens with one attached hydrogen (secondary N) is 1. The maximum absolute atomic E-state index is 5.92. The Bertz CT molecular complexity index is 702. The summed E-state index contributed by atoms with van der Waals surface area (Å²) in [6.07, 6.45) is 0. The Balaban J connectivity index is 1.76. The maximum atomic E-state index is 5.92. The highest BCUT2D eigenvalue weighted by Gasteiger charge is 2.04. The molecule has 0 amide bonds. The van der Waals surface area contributed by atoms with Gasteiger partial charge in [-0.3, -0.25) is 0 Å². The van der Waals surface area contributed by atoms with Crippen molar-refractivity contribution in [3.05, 3.63) is 53.6 Å². The first kappa shape index (κ1) is 19.0. The molecule has 25 heavy (non-hydrogen) atoms. The molecular formula is C19H25N3O2S. The van der Waals surface area contributed by atoms with E-state index in [4.69, 9.17) is 15.2 Å². The molecule has 3 N–H and O–H groups in total. The van der Waals surface area contributed by atoms with Gasteiger partial charge in [-0.2, -0.15) is 0 Å². The summed E-state index contributed by atoms with van der Waals surface area (Å²) >= 11 is 1.79. The molecular weight excluding hydrogens is 334 g/mol. The van der Waals surface area contributed by atoms with E-state index in [0.29, 0.717) is 24.0 Å². The van der Waals surface area contributed by atoms with Gasteiger partial charge in [0.2, 0.25) is 0 Å². The third-order valence-electron chi connectivity index (χ3n) is 3.58. The normalized spacial score (nSPS) is 11.2. The van der Waals surface area contributed by atoms with Crippen LogP contribution in [0, 0.1) is 6.92 Å². The third-order valence-corrected chi connectivity index (χ3v) is 4.59. The fourth-order valence-electron chi connectivity index (χ4n) is 2.19. The van der Waals surface area contributed by atoms with E-state index in [1.807, 2.05) is 18.2 Å². The van der Waals surface area contributed by atoms with Crippen LogP contribution in [0.1, 0.15) is 11.1 Å². The Hall–Kier alpha value is -2.34. The summed E-state index contributed by atoms with van der Waals surface area (Å²) in [6, 6.07) is 14.2. The highest BCUT2D eigenvalue weighted by Crippen LogP contribution is 2.27. The topological polar surface area (TPSA) is 68.9 Å². The lowest BCUT2D eigenvalue weighted by atomic mass is 10.2. The molecule has 0 saturated heterocycles. The average molecular weight is 359 g/mol. The zero-order valence-electron chi connectivity index (χ0n) is 14.9. The van der Waals surface area contributed by atoms with Crippen molar-refractivity contribution < 1.29 is 9.47 Å². The third kappa shape index (κ3) is 6.23. The minimum absolute atomic E-state index is 0.444. The van der Waals surface area contributed by atoms with Crippen LogP contribution in [-0.2, 0) is 6.54 Å². The van der Waals surface area contributed by atoms with Gasteiger partial charge in [-0.25, -0.2) is 4.99 Å². The lowest BCUT2D eigenvalue weighted by Gasteiger charge is -2.09. The number of rotatable bonds is 8. The fraction of sp³-hybridized carbons (Fsp3) is 0.316. The van der Waals surface area contributed by atoms with Crippen LogP contribution in [0.4, 0.5) is 0 Å². The molecule has 5 nitrogen and oxygen atoms in total. The van der Waals surface area contributed by atoms with Crippen molar-refractivity contribution in [2.45, 2.75) is 18.4 Å². The van der Waals surface area contributed by atoms with Gasteiger partial charge in [-0.05, 0) is 36.8 Å². The Kier molecular flexibility index (Phi) is 7.47. The average Bonchev–Trinajstić information content (AvgIpc) is 2.64. The minimum atomic E-state index is 0.444. The lowest BCUT2D eigenvalue weighted by molar-refractivity contribution is 0.354. The molecule has 0 aromatic heterocycles. The highest BCUT2D eigenvalue weighted by molar-refractivity contribution is 7.99. The van der Waals surface area contributed by atoms with Crippen molar-refractivity contribution in [1.82, 2.24) is 5.32 Å². The Labute approximate surface area is 153 Å². The van der Waals surface area contributed by atoms with Gasteiger partial charge in [0.15, 0.2) is 17.5 Å². The van der Waals surface area contributed by atoms with Crippen LogP contribution in [0.3, 0.4) is 0 Å². The van der Waals surface area contributed by atoms with Crippen molar-refractivity contribution in [3.8, 4) is 11.5 Å². The predicted molar refractivity (Wildman–Crippen MR) is 105 cm³/mol. The minimum Gasteiger partial charge on any atom is -0.493 e. The van der Waals surface area contributed by atoms with Gasteiger partial charge in [0.25, 0.3) is 0 Å². The summed E-state index contributed by atoms with van der Waals surface area (Å²) in [5, 5.41) is 3.14. The van der Waals surface area contributed by atoms with Gasteiger partial charge >= 0.3 is 0 Å². The van der Waals surface area contributed by atoms with Gasteiger partial charge in [-0.15, -0.1) is 11.8 Å². The number of ether oxygens (including phenoxy) is 2. The second kappa shape index (κ2) is 9.84. The second-order valence-corrected chi connectivity index (χ2v) is 6.65. The van der Waals surface area contributed by atoms with E-state index < -0.39 is 0 Å². The van der Waals surface area contributed by atoms with Gasteiger partial charge in [0, 0.05) is 17.2 Å². The van der Waals surface area contributed by atoms with Crippen LogP contribution in [0.2, 0.25) is 0 Å². The molecule has 0 unspecified atom stereocenters. The molecule has 2 aromatic rings. The predicted octanol–water partition coefficient (Wildman–Crippen LogP) is 3.21. The van der Waals surface area contributed by atoms with Crippen molar-refractivity contribution >= 4 is 17.7 Å². The molecule has 0 aliphatic heterocycles. The molecule has 0 bridgehead atoms. The number of nitrogens with two attached hydrogens (primary N) is 1. The number of methoxy groups -OCH3 is 2. The number of aliphatic imine (C=N–C) groups is 1. The van der Waals surface area contributed by atoms with E-state index in [-0.39, 0.29) is 0 Å². The number of guanidine groups is 1. The number of benzene rings is 2. The van der Waals surface area contributed by atoms with Crippen LogP contribution in [0.15, 0.2) is 52.4 Å². The van der Waals surface area contributed by atoms with Gasteiger partial charge in [-0.1, -0.05) is 23.8 Å². The zero-order valence-corrected chi connectivity index (χ0v) is 15.7. The second-order valence-electron chi connectivity index (χ2n) is 5.48. The van der Waals surface area contributed by atoms with E-state index >= 15 is 0 Å². The monoisotopic (exact) mass is 359 g/mol. The quantitative estimate of drug-likeness (QED) is 0.328. The summed E-state index contributed by atoms with van der Waals surface area (Å²) in [5.41, 5.74) is 8.20. The van der Waals surface area contributed by atoms with E-state index in [2.05, 4.69) is 41.5 Å². The standard InChI is InChI=1S/C19H25N3O2S/c1-14-4-7-16(8-5-14)25-11-10-21-19(20)22-13-15-6-9-17(23-2)18(12-15)24-3/h4-9,12H,10-11,13H2,1-3H3,(H3,20,21,22). The molecule has 0 atom stereocenters. The van der Waals surface area contributed by atoms with Crippen LogP contribution < -0.4 is 20.5 Å². The maximum Gasteiger partial charge on any atom is 0.188 e.